The van der Waals surface area contributed by atoms with Crippen molar-refractivity contribution in [2.45, 2.75) is 6.42 Å². The lowest BCUT2D eigenvalue weighted by Gasteiger charge is -1.97. The maximum atomic E-state index is 5.42. The van der Waals surface area contributed by atoms with Crippen molar-refractivity contribution >= 4 is 0 Å². The molecule has 1 heterocycles. The van der Waals surface area contributed by atoms with Gasteiger partial charge in [0.1, 0.15) is 5.75 Å². The average molecular weight is 173 g/mol. The molecule has 66 valence electrons. The van der Waals surface area contributed by atoms with Crippen LogP contribution >= 0.6 is 0 Å². The Morgan fingerprint density at radius 1 is 1.46 bits per heavy atom. The summed E-state index contributed by atoms with van der Waals surface area (Å²) in [5.74, 6) is 6.77. The van der Waals surface area contributed by atoms with Crippen molar-refractivity contribution in [3.63, 3.8) is 0 Å². The van der Waals surface area contributed by atoms with E-state index in [0.29, 0.717) is 6.54 Å². The Balaban J connectivity index is 2.31. The molecule has 2 rings (SSSR count). The number of hydrogen-bond donors (Lipinski definition) is 1. The van der Waals surface area contributed by atoms with Crippen molar-refractivity contribution < 1.29 is 4.74 Å². The van der Waals surface area contributed by atoms with Crippen LogP contribution in [0.5, 0.6) is 5.75 Å². The predicted octanol–water partition coefficient (Wildman–Crippen LogP) is 0.932. The summed E-state index contributed by atoms with van der Waals surface area (Å²) >= 11 is 0. The zero-order valence-electron chi connectivity index (χ0n) is 7.34. The normalized spacial score (nSPS) is 12.7. The van der Waals surface area contributed by atoms with Gasteiger partial charge in [0.05, 0.1) is 13.2 Å². The van der Waals surface area contributed by atoms with E-state index in [2.05, 4.69) is 17.9 Å². The van der Waals surface area contributed by atoms with Crippen LogP contribution in [0.1, 0.15) is 11.1 Å². The molecule has 0 fully saturated rings. The molecular formula is C11H11NO. The first-order valence-corrected chi connectivity index (χ1v) is 4.35. The quantitative estimate of drug-likeness (QED) is 0.592. The van der Waals surface area contributed by atoms with Crippen LogP contribution in [0, 0.1) is 11.8 Å². The molecule has 1 aromatic carbocycles. The summed E-state index contributed by atoms with van der Waals surface area (Å²) in [6, 6.07) is 6.06. The summed E-state index contributed by atoms with van der Waals surface area (Å²) in [5.41, 5.74) is 7.54. The van der Waals surface area contributed by atoms with Crippen LogP contribution in [-0.2, 0) is 6.42 Å². The van der Waals surface area contributed by atoms with Gasteiger partial charge in [-0.05, 0) is 17.7 Å². The Kier molecular flexibility index (Phi) is 2.20. The van der Waals surface area contributed by atoms with Gasteiger partial charge in [-0.25, -0.2) is 0 Å². The highest BCUT2D eigenvalue weighted by Gasteiger charge is 2.10. The van der Waals surface area contributed by atoms with Gasteiger partial charge in [-0.15, -0.1) is 0 Å². The molecule has 0 radical (unpaired) electrons. The highest BCUT2D eigenvalue weighted by Crippen LogP contribution is 2.25. The zero-order valence-corrected chi connectivity index (χ0v) is 7.34. The average Bonchev–Trinajstić information content (AvgIpc) is 2.61. The summed E-state index contributed by atoms with van der Waals surface area (Å²) < 4.78 is 5.42. The van der Waals surface area contributed by atoms with Gasteiger partial charge in [0.2, 0.25) is 0 Å². The fourth-order valence-electron chi connectivity index (χ4n) is 1.40. The second-order valence-electron chi connectivity index (χ2n) is 2.93. The fourth-order valence-corrected chi connectivity index (χ4v) is 1.40. The zero-order chi connectivity index (χ0) is 9.10. The van der Waals surface area contributed by atoms with Crippen LogP contribution in [0.25, 0.3) is 0 Å². The molecule has 0 aromatic heterocycles. The van der Waals surface area contributed by atoms with Gasteiger partial charge in [0, 0.05) is 12.0 Å². The first kappa shape index (κ1) is 8.15. The Morgan fingerprint density at radius 2 is 2.38 bits per heavy atom. The number of hydrogen-bond acceptors (Lipinski definition) is 2. The topological polar surface area (TPSA) is 35.2 Å². The molecule has 0 amide bonds. The van der Waals surface area contributed by atoms with Crippen LogP contribution in [0.3, 0.4) is 0 Å². The van der Waals surface area contributed by atoms with Crippen LogP contribution in [-0.4, -0.2) is 13.2 Å². The molecule has 0 spiro atoms. The number of benzene rings is 1. The summed E-state index contributed by atoms with van der Waals surface area (Å²) in [6.45, 7) is 1.20. The third kappa shape index (κ3) is 1.66. The lowest BCUT2D eigenvalue weighted by molar-refractivity contribution is 0.356. The molecule has 1 aromatic rings. The second-order valence-corrected chi connectivity index (χ2v) is 2.93. The second kappa shape index (κ2) is 3.51. The van der Waals surface area contributed by atoms with Gasteiger partial charge in [-0.3, -0.25) is 0 Å². The maximum Gasteiger partial charge on any atom is 0.123 e. The van der Waals surface area contributed by atoms with Crippen LogP contribution in [0.15, 0.2) is 18.2 Å². The molecule has 0 atom stereocenters. The first-order valence-electron chi connectivity index (χ1n) is 4.35. The molecule has 0 bridgehead atoms. The van der Waals surface area contributed by atoms with Crippen molar-refractivity contribution in [3.8, 4) is 17.6 Å². The van der Waals surface area contributed by atoms with Gasteiger partial charge in [-0.1, -0.05) is 17.9 Å². The number of rotatable bonds is 0. The van der Waals surface area contributed by atoms with Crippen molar-refractivity contribution in [2.24, 2.45) is 5.73 Å². The Labute approximate surface area is 77.7 Å². The van der Waals surface area contributed by atoms with Gasteiger partial charge < -0.3 is 10.5 Å². The minimum Gasteiger partial charge on any atom is -0.493 e. The van der Waals surface area contributed by atoms with E-state index in [1.165, 1.54) is 5.56 Å². The Bertz CT molecular complexity index is 373. The summed E-state index contributed by atoms with van der Waals surface area (Å²) in [6.07, 6.45) is 1.01. The van der Waals surface area contributed by atoms with E-state index in [1.54, 1.807) is 0 Å². The summed E-state index contributed by atoms with van der Waals surface area (Å²) in [4.78, 5) is 0. The van der Waals surface area contributed by atoms with Crippen molar-refractivity contribution in [1.82, 2.24) is 0 Å². The van der Waals surface area contributed by atoms with Crippen molar-refractivity contribution in [3.05, 3.63) is 29.3 Å². The lowest BCUT2D eigenvalue weighted by Crippen LogP contribution is -1.93. The van der Waals surface area contributed by atoms with Gasteiger partial charge in [0.25, 0.3) is 0 Å². The molecule has 13 heavy (non-hydrogen) atoms. The van der Waals surface area contributed by atoms with Crippen molar-refractivity contribution in [2.75, 3.05) is 13.2 Å². The number of ether oxygens (including phenoxy) is 1. The molecule has 0 saturated heterocycles. The van der Waals surface area contributed by atoms with E-state index < -0.39 is 0 Å². The molecule has 0 saturated carbocycles. The predicted molar refractivity (Wildman–Crippen MR) is 51.6 cm³/mol. The van der Waals surface area contributed by atoms with Gasteiger partial charge in [-0.2, -0.15) is 0 Å². The highest BCUT2D eigenvalue weighted by atomic mass is 16.5. The van der Waals surface area contributed by atoms with Crippen LogP contribution in [0.2, 0.25) is 0 Å². The smallest absolute Gasteiger partial charge is 0.123 e. The van der Waals surface area contributed by atoms with Crippen LogP contribution in [0.4, 0.5) is 0 Å². The largest absolute Gasteiger partial charge is 0.493 e. The molecule has 2 nitrogen and oxygen atoms in total. The molecule has 1 aliphatic rings. The monoisotopic (exact) mass is 173 g/mol. The molecule has 2 N–H and O–H groups in total. The molecular weight excluding hydrogens is 162 g/mol. The third-order valence-electron chi connectivity index (χ3n) is 2.03. The molecule has 0 unspecified atom stereocenters. The van der Waals surface area contributed by atoms with E-state index in [4.69, 9.17) is 10.5 Å². The minimum absolute atomic E-state index is 0.401. The number of nitrogens with two attached hydrogens (primary N) is 1. The van der Waals surface area contributed by atoms with Gasteiger partial charge >= 0.3 is 0 Å². The van der Waals surface area contributed by atoms with E-state index >= 15 is 0 Å². The summed E-state index contributed by atoms with van der Waals surface area (Å²) in [7, 11) is 0. The van der Waals surface area contributed by atoms with Crippen molar-refractivity contribution in [1.29, 1.82) is 0 Å². The highest BCUT2D eigenvalue weighted by molar-refractivity contribution is 5.46. The molecule has 1 aliphatic heterocycles. The summed E-state index contributed by atoms with van der Waals surface area (Å²) in [5, 5.41) is 0. The molecule has 0 aliphatic carbocycles. The standard InChI is InChI=1S/C11H11NO/c12-6-1-2-9-3-4-10-5-7-13-11(10)8-9/h3-4,8H,5-7,12H2. The van der Waals surface area contributed by atoms with E-state index in [-0.39, 0.29) is 0 Å². The lowest BCUT2D eigenvalue weighted by atomic mass is 10.1. The minimum atomic E-state index is 0.401. The SMILES string of the molecule is NCC#Cc1ccc2c(c1)OCC2. The van der Waals surface area contributed by atoms with E-state index in [0.717, 1.165) is 24.3 Å². The first-order chi connectivity index (χ1) is 6.40. The Hall–Kier alpha value is -1.46. The van der Waals surface area contributed by atoms with Crippen LogP contribution < -0.4 is 10.5 Å². The molecule has 2 heteroatoms. The number of fused-ring (bicyclic) bond motifs is 1. The fraction of sp³-hybridized carbons (Fsp3) is 0.273. The Morgan fingerprint density at radius 3 is 3.23 bits per heavy atom. The van der Waals surface area contributed by atoms with E-state index in [9.17, 15) is 0 Å². The maximum absolute atomic E-state index is 5.42. The third-order valence-corrected chi connectivity index (χ3v) is 2.03. The van der Waals surface area contributed by atoms with Gasteiger partial charge in [0.15, 0.2) is 0 Å². The van der Waals surface area contributed by atoms with E-state index in [1.807, 2.05) is 12.1 Å².